The molecule has 1 saturated heterocycles. The number of likely N-dealkylation sites (tertiary alicyclic amines) is 1. The van der Waals surface area contributed by atoms with Crippen LogP contribution in [0.5, 0.6) is 5.75 Å². The Labute approximate surface area is 97.2 Å². The lowest BCUT2D eigenvalue weighted by molar-refractivity contribution is 0.348. The van der Waals surface area contributed by atoms with Crippen molar-refractivity contribution in [3.05, 3.63) is 42.5 Å². The summed E-state index contributed by atoms with van der Waals surface area (Å²) in [7, 11) is 0. The summed E-state index contributed by atoms with van der Waals surface area (Å²) in [6.45, 7) is 9.15. The number of aromatic hydroxyl groups is 1. The van der Waals surface area contributed by atoms with Crippen molar-refractivity contribution in [3.63, 3.8) is 0 Å². The van der Waals surface area contributed by atoms with Crippen LogP contribution in [0.1, 0.15) is 18.9 Å². The van der Waals surface area contributed by atoms with Crippen LogP contribution < -0.4 is 0 Å². The molecule has 0 amide bonds. The molecular weight excluding hydrogens is 198 g/mol. The van der Waals surface area contributed by atoms with Gasteiger partial charge >= 0.3 is 0 Å². The monoisotopic (exact) mass is 217 g/mol. The zero-order valence-electron chi connectivity index (χ0n) is 9.82. The second kappa shape index (κ2) is 4.30. The van der Waals surface area contributed by atoms with Crippen molar-refractivity contribution >= 4 is 0 Å². The van der Waals surface area contributed by atoms with Gasteiger partial charge in [0, 0.05) is 18.5 Å². The second-order valence-electron chi connectivity index (χ2n) is 4.88. The predicted octanol–water partition coefficient (Wildman–Crippen LogP) is 2.54. The molecule has 0 aromatic heterocycles. The lowest BCUT2D eigenvalue weighted by atomic mass is 9.82. The first-order chi connectivity index (χ1) is 7.64. The van der Waals surface area contributed by atoms with Gasteiger partial charge < -0.3 is 5.11 Å². The maximum atomic E-state index is 9.53. The highest BCUT2D eigenvalue weighted by Gasteiger charge is 2.34. The topological polar surface area (TPSA) is 23.5 Å². The van der Waals surface area contributed by atoms with Crippen molar-refractivity contribution < 1.29 is 5.11 Å². The molecule has 1 atom stereocenters. The summed E-state index contributed by atoms with van der Waals surface area (Å²) in [5.74, 6) is 0.362. The van der Waals surface area contributed by atoms with E-state index in [1.54, 1.807) is 6.07 Å². The Kier molecular flexibility index (Phi) is 3.01. The SMILES string of the molecule is C=CCN1CC[C@](C)(c2cccc(O)c2)C1. The molecule has 0 aliphatic carbocycles. The van der Waals surface area contributed by atoms with Gasteiger partial charge in [-0.25, -0.2) is 0 Å². The Morgan fingerprint density at radius 2 is 2.38 bits per heavy atom. The molecule has 1 N–H and O–H groups in total. The van der Waals surface area contributed by atoms with E-state index in [1.165, 1.54) is 5.56 Å². The largest absolute Gasteiger partial charge is 0.508 e. The standard InChI is InChI=1S/C14H19NO/c1-3-8-15-9-7-14(2,11-15)12-5-4-6-13(16)10-12/h3-6,10,16H,1,7-9,11H2,2H3/t14-/m0/s1. The molecule has 1 aromatic carbocycles. The van der Waals surface area contributed by atoms with Crippen molar-refractivity contribution in [1.82, 2.24) is 4.90 Å². The van der Waals surface area contributed by atoms with Gasteiger partial charge in [0.05, 0.1) is 0 Å². The number of phenolic OH excluding ortho intramolecular Hbond substituents is 1. The summed E-state index contributed by atoms with van der Waals surface area (Å²) in [5, 5.41) is 9.53. The smallest absolute Gasteiger partial charge is 0.115 e. The van der Waals surface area contributed by atoms with Gasteiger partial charge in [0.25, 0.3) is 0 Å². The van der Waals surface area contributed by atoms with Crippen LogP contribution in [0, 0.1) is 0 Å². The number of rotatable bonds is 3. The van der Waals surface area contributed by atoms with Crippen molar-refractivity contribution in [1.29, 1.82) is 0 Å². The fourth-order valence-corrected chi connectivity index (χ4v) is 2.51. The van der Waals surface area contributed by atoms with Crippen LogP contribution in [-0.2, 0) is 5.41 Å². The van der Waals surface area contributed by atoms with Gasteiger partial charge in [-0.15, -0.1) is 6.58 Å². The van der Waals surface area contributed by atoms with E-state index in [0.29, 0.717) is 5.75 Å². The number of benzene rings is 1. The third kappa shape index (κ3) is 2.12. The van der Waals surface area contributed by atoms with E-state index < -0.39 is 0 Å². The first-order valence-corrected chi connectivity index (χ1v) is 5.77. The molecule has 0 spiro atoms. The maximum absolute atomic E-state index is 9.53. The van der Waals surface area contributed by atoms with E-state index in [4.69, 9.17) is 0 Å². The fraction of sp³-hybridized carbons (Fsp3) is 0.429. The van der Waals surface area contributed by atoms with Crippen LogP contribution in [0.15, 0.2) is 36.9 Å². The molecule has 0 bridgehead atoms. The average molecular weight is 217 g/mol. The zero-order valence-corrected chi connectivity index (χ0v) is 9.82. The van der Waals surface area contributed by atoms with Crippen LogP contribution in [0.25, 0.3) is 0 Å². The molecule has 2 heteroatoms. The second-order valence-corrected chi connectivity index (χ2v) is 4.88. The minimum atomic E-state index is 0.168. The quantitative estimate of drug-likeness (QED) is 0.786. The van der Waals surface area contributed by atoms with Crippen LogP contribution >= 0.6 is 0 Å². The van der Waals surface area contributed by atoms with Crippen molar-refractivity contribution in [2.75, 3.05) is 19.6 Å². The van der Waals surface area contributed by atoms with E-state index in [-0.39, 0.29) is 5.41 Å². The Bertz CT molecular complexity index is 388. The molecule has 1 heterocycles. The van der Waals surface area contributed by atoms with Crippen LogP contribution in [-0.4, -0.2) is 29.6 Å². The van der Waals surface area contributed by atoms with Gasteiger partial charge in [0.1, 0.15) is 5.75 Å². The Hall–Kier alpha value is -1.28. The van der Waals surface area contributed by atoms with E-state index in [2.05, 4.69) is 24.5 Å². The molecule has 0 saturated carbocycles. The Balaban J connectivity index is 2.18. The fourth-order valence-electron chi connectivity index (χ4n) is 2.51. The number of hydrogen-bond acceptors (Lipinski definition) is 2. The van der Waals surface area contributed by atoms with E-state index >= 15 is 0 Å². The minimum absolute atomic E-state index is 0.168. The summed E-state index contributed by atoms with van der Waals surface area (Å²) in [5.41, 5.74) is 1.40. The molecule has 2 rings (SSSR count). The first kappa shape index (κ1) is 11.2. The average Bonchev–Trinajstić information content (AvgIpc) is 2.62. The van der Waals surface area contributed by atoms with Crippen LogP contribution in [0.2, 0.25) is 0 Å². The summed E-state index contributed by atoms with van der Waals surface area (Å²) in [4.78, 5) is 2.40. The molecule has 86 valence electrons. The summed E-state index contributed by atoms with van der Waals surface area (Å²) in [6, 6.07) is 7.64. The zero-order chi connectivity index (χ0) is 11.6. The van der Waals surface area contributed by atoms with Crippen molar-refractivity contribution in [2.45, 2.75) is 18.8 Å². The highest BCUT2D eigenvalue weighted by atomic mass is 16.3. The highest BCUT2D eigenvalue weighted by molar-refractivity contribution is 5.33. The van der Waals surface area contributed by atoms with Crippen molar-refractivity contribution in [3.8, 4) is 5.75 Å². The van der Waals surface area contributed by atoms with Crippen molar-refractivity contribution in [2.24, 2.45) is 0 Å². The van der Waals surface area contributed by atoms with Gasteiger partial charge in [-0.1, -0.05) is 25.1 Å². The van der Waals surface area contributed by atoms with Gasteiger partial charge in [-0.2, -0.15) is 0 Å². The molecule has 0 radical (unpaired) electrons. The number of nitrogens with zero attached hydrogens (tertiary/aromatic N) is 1. The summed E-state index contributed by atoms with van der Waals surface area (Å²) >= 11 is 0. The van der Waals surface area contributed by atoms with Gasteiger partial charge in [0.15, 0.2) is 0 Å². The van der Waals surface area contributed by atoms with Crippen LogP contribution in [0.3, 0.4) is 0 Å². The number of phenols is 1. The summed E-state index contributed by atoms with van der Waals surface area (Å²) < 4.78 is 0. The van der Waals surface area contributed by atoms with Gasteiger partial charge in [-0.3, -0.25) is 4.90 Å². The number of hydrogen-bond donors (Lipinski definition) is 1. The van der Waals surface area contributed by atoms with Crippen LogP contribution in [0.4, 0.5) is 0 Å². The molecule has 1 aromatic rings. The summed E-state index contributed by atoms with van der Waals surface area (Å²) in [6.07, 6.45) is 3.10. The molecule has 1 aliphatic heterocycles. The Morgan fingerprint density at radius 3 is 3.06 bits per heavy atom. The van der Waals surface area contributed by atoms with Gasteiger partial charge in [-0.05, 0) is 30.7 Å². The molecule has 16 heavy (non-hydrogen) atoms. The molecule has 2 nitrogen and oxygen atoms in total. The lowest BCUT2D eigenvalue weighted by Gasteiger charge is -2.25. The highest BCUT2D eigenvalue weighted by Crippen LogP contribution is 2.35. The predicted molar refractivity (Wildman–Crippen MR) is 66.7 cm³/mol. The molecule has 1 fully saturated rings. The van der Waals surface area contributed by atoms with E-state index in [9.17, 15) is 5.11 Å². The maximum Gasteiger partial charge on any atom is 0.115 e. The minimum Gasteiger partial charge on any atom is -0.508 e. The molecule has 0 unspecified atom stereocenters. The van der Waals surface area contributed by atoms with E-state index in [0.717, 1.165) is 26.1 Å². The third-order valence-corrected chi connectivity index (χ3v) is 3.48. The van der Waals surface area contributed by atoms with E-state index in [1.807, 2.05) is 18.2 Å². The molecule has 1 aliphatic rings. The normalized spacial score (nSPS) is 25.8. The third-order valence-electron chi connectivity index (χ3n) is 3.48. The molecular formula is C14H19NO. The Morgan fingerprint density at radius 1 is 1.56 bits per heavy atom. The lowest BCUT2D eigenvalue weighted by Crippen LogP contribution is -2.28. The first-order valence-electron chi connectivity index (χ1n) is 5.77. The van der Waals surface area contributed by atoms with Gasteiger partial charge in [0.2, 0.25) is 0 Å².